The number of hydrogen-bond acceptors (Lipinski definition) is 6. The standard InChI is InChI=1S/C61H112O6/c1-4-7-10-13-16-19-22-25-27-29-31-33-34-36-39-42-45-48-51-54-60(63)66-57-58(56-65-59(62)53-50-47-44-41-38-24-21-18-15-12-9-6-3)67-61(64)55-52-49-46-43-40-37-35-32-30-28-26-23-20-17-14-11-8-5-2/h16,18-19,21-22,25,58H,4-15,17,20,23-24,26-57H2,1-3H3/b19-16-,21-18-,25-22-. The van der Waals surface area contributed by atoms with Gasteiger partial charge in [-0.05, 0) is 70.6 Å². The molecule has 1 atom stereocenters. The van der Waals surface area contributed by atoms with Crippen LogP contribution in [0.1, 0.15) is 316 Å². The molecule has 0 saturated heterocycles. The Morgan fingerprint density at radius 1 is 0.299 bits per heavy atom. The van der Waals surface area contributed by atoms with Crippen molar-refractivity contribution in [3.8, 4) is 0 Å². The number of hydrogen-bond donors (Lipinski definition) is 0. The molecule has 1 unspecified atom stereocenters. The van der Waals surface area contributed by atoms with Crippen LogP contribution in [0.25, 0.3) is 0 Å². The predicted octanol–water partition coefficient (Wildman–Crippen LogP) is 19.7. The number of unbranched alkanes of at least 4 members (excludes halogenated alkanes) is 38. The molecule has 67 heavy (non-hydrogen) atoms. The highest BCUT2D eigenvalue weighted by Gasteiger charge is 2.19. The Morgan fingerprint density at radius 2 is 0.537 bits per heavy atom. The summed E-state index contributed by atoms with van der Waals surface area (Å²) < 4.78 is 16.9. The molecular weight excluding hydrogens is 829 g/mol. The molecule has 0 saturated carbocycles. The molecule has 0 amide bonds. The summed E-state index contributed by atoms with van der Waals surface area (Å²) in [5, 5.41) is 0. The maximum absolute atomic E-state index is 12.9. The molecule has 0 N–H and O–H groups in total. The van der Waals surface area contributed by atoms with E-state index in [0.29, 0.717) is 19.3 Å². The summed E-state index contributed by atoms with van der Waals surface area (Å²) in [5.74, 6) is -0.867. The van der Waals surface area contributed by atoms with Gasteiger partial charge in [-0.15, -0.1) is 0 Å². The van der Waals surface area contributed by atoms with Crippen molar-refractivity contribution in [2.24, 2.45) is 0 Å². The molecule has 0 spiro atoms. The third-order valence-electron chi connectivity index (χ3n) is 13.1. The minimum absolute atomic E-state index is 0.0729. The quantitative estimate of drug-likeness (QED) is 0.0199. The van der Waals surface area contributed by atoms with Crippen LogP contribution in [0, 0.1) is 0 Å². The summed E-state index contributed by atoms with van der Waals surface area (Å²) in [7, 11) is 0. The minimum Gasteiger partial charge on any atom is -0.462 e. The van der Waals surface area contributed by atoms with E-state index in [1.165, 1.54) is 212 Å². The van der Waals surface area contributed by atoms with Crippen LogP contribution in [0.2, 0.25) is 0 Å². The molecule has 6 nitrogen and oxygen atoms in total. The van der Waals surface area contributed by atoms with Crippen molar-refractivity contribution in [1.29, 1.82) is 0 Å². The van der Waals surface area contributed by atoms with Gasteiger partial charge in [-0.3, -0.25) is 14.4 Å². The largest absolute Gasteiger partial charge is 0.462 e. The Morgan fingerprint density at radius 3 is 0.866 bits per heavy atom. The molecule has 0 aromatic carbocycles. The van der Waals surface area contributed by atoms with Gasteiger partial charge in [0.25, 0.3) is 0 Å². The monoisotopic (exact) mass is 941 g/mol. The van der Waals surface area contributed by atoms with Crippen LogP contribution >= 0.6 is 0 Å². The third kappa shape index (κ3) is 54.4. The molecule has 0 aromatic rings. The van der Waals surface area contributed by atoms with Crippen LogP contribution in [0.5, 0.6) is 0 Å². The lowest BCUT2D eigenvalue weighted by Gasteiger charge is -2.18. The molecular formula is C61H112O6. The first-order valence-electron chi connectivity index (χ1n) is 29.5. The van der Waals surface area contributed by atoms with Crippen molar-refractivity contribution in [2.45, 2.75) is 322 Å². The van der Waals surface area contributed by atoms with Crippen molar-refractivity contribution in [3.05, 3.63) is 36.5 Å². The lowest BCUT2D eigenvalue weighted by molar-refractivity contribution is -0.167. The van der Waals surface area contributed by atoms with Gasteiger partial charge in [-0.2, -0.15) is 0 Å². The van der Waals surface area contributed by atoms with Crippen LogP contribution in [0.15, 0.2) is 36.5 Å². The first-order chi connectivity index (χ1) is 33.0. The van der Waals surface area contributed by atoms with Gasteiger partial charge in [0.2, 0.25) is 0 Å². The molecule has 0 heterocycles. The molecule has 0 aliphatic rings. The van der Waals surface area contributed by atoms with E-state index in [2.05, 4.69) is 57.2 Å². The SMILES string of the molecule is CCCCC/C=C\C=C/CCCCCCCCCCCCC(=O)OCC(COC(=O)CCCCCCC/C=C\CCCCC)OC(=O)CCCCCCCCCCCCCCCCCCCC. The van der Waals surface area contributed by atoms with Crippen molar-refractivity contribution >= 4 is 17.9 Å². The van der Waals surface area contributed by atoms with Crippen LogP contribution < -0.4 is 0 Å². The molecule has 0 aliphatic carbocycles. The average molecular weight is 942 g/mol. The lowest BCUT2D eigenvalue weighted by atomic mass is 10.0. The number of ether oxygens (including phenoxy) is 3. The van der Waals surface area contributed by atoms with E-state index in [-0.39, 0.29) is 31.1 Å². The Hall–Kier alpha value is -2.37. The smallest absolute Gasteiger partial charge is 0.306 e. The molecule has 392 valence electrons. The zero-order chi connectivity index (χ0) is 48.6. The Labute approximate surface area is 416 Å². The van der Waals surface area contributed by atoms with E-state index in [4.69, 9.17) is 14.2 Å². The molecule has 0 aromatic heterocycles. The van der Waals surface area contributed by atoms with Crippen molar-refractivity contribution in [2.75, 3.05) is 13.2 Å². The maximum atomic E-state index is 12.9. The molecule has 0 fully saturated rings. The van der Waals surface area contributed by atoms with E-state index in [9.17, 15) is 14.4 Å². The summed E-state index contributed by atoms with van der Waals surface area (Å²) in [4.78, 5) is 38.1. The summed E-state index contributed by atoms with van der Waals surface area (Å²) in [5.41, 5.74) is 0. The van der Waals surface area contributed by atoms with Gasteiger partial charge in [0.15, 0.2) is 6.10 Å². The van der Waals surface area contributed by atoms with Gasteiger partial charge in [0.1, 0.15) is 13.2 Å². The highest BCUT2D eigenvalue weighted by molar-refractivity contribution is 5.71. The second-order valence-corrected chi connectivity index (χ2v) is 19.9. The van der Waals surface area contributed by atoms with Gasteiger partial charge in [0, 0.05) is 19.3 Å². The van der Waals surface area contributed by atoms with Gasteiger partial charge >= 0.3 is 17.9 Å². The van der Waals surface area contributed by atoms with Crippen LogP contribution in [-0.4, -0.2) is 37.2 Å². The molecule has 0 rings (SSSR count). The third-order valence-corrected chi connectivity index (χ3v) is 13.1. The van der Waals surface area contributed by atoms with Crippen molar-refractivity contribution < 1.29 is 28.6 Å². The van der Waals surface area contributed by atoms with Crippen molar-refractivity contribution in [1.82, 2.24) is 0 Å². The molecule has 0 radical (unpaired) electrons. The predicted molar refractivity (Wildman–Crippen MR) is 289 cm³/mol. The van der Waals surface area contributed by atoms with Crippen molar-refractivity contribution in [3.63, 3.8) is 0 Å². The lowest BCUT2D eigenvalue weighted by Crippen LogP contribution is -2.30. The zero-order valence-corrected chi connectivity index (χ0v) is 44.9. The summed E-state index contributed by atoms with van der Waals surface area (Å²) in [6.07, 6.45) is 67.1. The molecule has 0 aliphatic heterocycles. The summed E-state index contributed by atoms with van der Waals surface area (Å²) >= 11 is 0. The Kier molecular flexibility index (Phi) is 54.2. The molecule has 6 heteroatoms. The minimum atomic E-state index is -0.773. The summed E-state index contributed by atoms with van der Waals surface area (Å²) in [6, 6.07) is 0. The number of carbonyl (C=O) groups excluding carboxylic acids is 3. The first kappa shape index (κ1) is 64.6. The Balaban J connectivity index is 4.31. The van der Waals surface area contributed by atoms with Gasteiger partial charge in [-0.1, -0.05) is 263 Å². The average Bonchev–Trinajstić information content (AvgIpc) is 3.33. The highest BCUT2D eigenvalue weighted by Crippen LogP contribution is 2.17. The second-order valence-electron chi connectivity index (χ2n) is 19.9. The fourth-order valence-corrected chi connectivity index (χ4v) is 8.67. The van der Waals surface area contributed by atoms with Gasteiger partial charge in [-0.25, -0.2) is 0 Å². The number of rotatable bonds is 54. The van der Waals surface area contributed by atoms with E-state index in [1.807, 2.05) is 0 Å². The fraction of sp³-hybridized carbons (Fsp3) is 0.852. The Bertz CT molecular complexity index is 1130. The number of carbonyl (C=O) groups is 3. The van der Waals surface area contributed by atoms with Crippen LogP contribution in [-0.2, 0) is 28.6 Å². The molecule has 0 bridgehead atoms. The second kappa shape index (κ2) is 56.2. The van der Waals surface area contributed by atoms with E-state index >= 15 is 0 Å². The van der Waals surface area contributed by atoms with Gasteiger partial charge < -0.3 is 14.2 Å². The number of allylic oxidation sites excluding steroid dienone is 6. The normalized spacial score (nSPS) is 12.2. The van der Waals surface area contributed by atoms with E-state index in [1.54, 1.807) is 0 Å². The van der Waals surface area contributed by atoms with E-state index < -0.39 is 6.10 Å². The zero-order valence-electron chi connectivity index (χ0n) is 44.9. The van der Waals surface area contributed by atoms with Crippen LogP contribution in [0.3, 0.4) is 0 Å². The number of esters is 3. The maximum Gasteiger partial charge on any atom is 0.306 e. The topological polar surface area (TPSA) is 78.9 Å². The first-order valence-corrected chi connectivity index (χ1v) is 29.5. The van der Waals surface area contributed by atoms with Crippen LogP contribution in [0.4, 0.5) is 0 Å². The van der Waals surface area contributed by atoms with E-state index in [0.717, 1.165) is 64.2 Å². The summed E-state index contributed by atoms with van der Waals surface area (Å²) in [6.45, 7) is 6.62. The highest BCUT2D eigenvalue weighted by atomic mass is 16.6. The van der Waals surface area contributed by atoms with Gasteiger partial charge in [0.05, 0.1) is 0 Å². The fourth-order valence-electron chi connectivity index (χ4n) is 8.67.